The lowest BCUT2D eigenvalue weighted by Crippen LogP contribution is -1.81. The molecule has 1 nitrogen and oxygen atoms in total. The van der Waals surface area contributed by atoms with Gasteiger partial charge in [-0.3, -0.25) is 0 Å². The molecule has 0 aromatic rings. The summed E-state index contributed by atoms with van der Waals surface area (Å²) >= 11 is 0. The van der Waals surface area contributed by atoms with Gasteiger partial charge in [0.25, 0.3) is 0 Å². The standard InChI is InChI=1S/C9H12O/c1-2-3-5-8-6-4-7-9(8)10/h2,4,6,10H,1,3,5,7H2. The summed E-state index contributed by atoms with van der Waals surface area (Å²) in [7, 11) is 0. The second-order valence-corrected chi connectivity index (χ2v) is 2.41. The lowest BCUT2D eigenvalue weighted by atomic mass is 10.1. The van der Waals surface area contributed by atoms with E-state index in [9.17, 15) is 5.11 Å². The Hall–Kier alpha value is -0.980. The van der Waals surface area contributed by atoms with Gasteiger partial charge in [-0.15, -0.1) is 6.58 Å². The molecule has 0 spiro atoms. The fourth-order valence-electron chi connectivity index (χ4n) is 1.03. The highest BCUT2D eigenvalue weighted by Gasteiger charge is 2.04. The van der Waals surface area contributed by atoms with Crippen LogP contribution >= 0.6 is 0 Å². The predicted molar refractivity (Wildman–Crippen MR) is 42.8 cm³/mol. The summed E-state index contributed by atoms with van der Waals surface area (Å²) in [5, 5.41) is 9.20. The van der Waals surface area contributed by atoms with Crippen LogP contribution in [-0.2, 0) is 0 Å². The molecule has 1 aliphatic rings. The third-order valence-corrected chi connectivity index (χ3v) is 1.62. The Kier molecular flexibility index (Phi) is 2.32. The summed E-state index contributed by atoms with van der Waals surface area (Å²) in [6.45, 7) is 3.62. The molecule has 1 rings (SSSR count). The second-order valence-electron chi connectivity index (χ2n) is 2.41. The maximum atomic E-state index is 9.20. The van der Waals surface area contributed by atoms with Crippen LogP contribution in [0.1, 0.15) is 19.3 Å². The van der Waals surface area contributed by atoms with Gasteiger partial charge < -0.3 is 5.11 Å². The van der Waals surface area contributed by atoms with Crippen LogP contribution in [0.25, 0.3) is 0 Å². The Balaban J connectivity index is 2.45. The lowest BCUT2D eigenvalue weighted by Gasteiger charge is -1.96. The summed E-state index contributed by atoms with van der Waals surface area (Å²) in [4.78, 5) is 0. The molecule has 1 aliphatic carbocycles. The van der Waals surface area contributed by atoms with Gasteiger partial charge in [0.05, 0.1) is 5.76 Å². The average Bonchev–Trinajstić information content (AvgIpc) is 2.31. The Labute approximate surface area is 61.4 Å². The minimum Gasteiger partial charge on any atom is -0.512 e. The molecule has 0 atom stereocenters. The molecule has 0 bridgehead atoms. The van der Waals surface area contributed by atoms with E-state index >= 15 is 0 Å². The lowest BCUT2D eigenvalue weighted by molar-refractivity contribution is 0.397. The monoisotopic (exact) mass is 136 g/mol. The summed E-state index contributed by atoms with van der Waals surface area (Å²) in [5.41, 5.74) is 1.07. The number of rotatable bonds is 3. The fourth-order valence-corrected chi connectivity index (χ4v) is 1.03. The Morgan fingerprint density at radius 3 is 3.00 bits per heavy atom. The molecule has 1 N–H and O–H groups in total. The zero-order valence-corrected chi connectivity index (χ0v) is 6.01. The van der Waals surface area contributed by atoms with E-state index in [1.165, 1.54) is 0 Å². The minimum absolute atomic E-state index is 0.529. The van der Waals surface area contributed by atoms with E-state index in [0.29, 0.717) is 12.2 Å². The van der Waals surface area contributed by atoms with Crippen molar-refractivity contribution < 1.29 is 5.11 Å². The Morgan fingerprint density at radius 1 is 1.70 bits per heavy atom. The molecule has 0 aromatic heterocycles. The van der Waals surface area contributed by atoms with Crippen LogP contribution in [0.2, 0.25) is 0 Å². The molecule has 0 amide bonds. The van der Waals surface area contributed by atoms with Crippen molar-refractivity contribution in [2.45, 2.75) is 19.3 Å². The first-order chi connectivity index (χ1) is 4.84. The largest absolute Gasteiger partial charge is 0.512 e. The van der Waals surface area contributed by atoms with Gasteiger partial charge in [0.15, 0.2) is 0 Å². The molecule has 0 saturated carbocycles. The Bertz CT molecular complexity index is 187. The van der Waals surface area contributed by atoms with Crippen LogP contribution in [0.3, 0.4) is 0 Å². The van der Waals surface area contributed by atoms with Gasteiger partial charge in [0.1, 0.15) is 0 Å². The zero-order valence-electron chi connectivity index (χ0n) is 6.01. The fraction of sp³-hybridized carbons (Fsp3) is 0.333. The van der Waals surface area contributed by atoms with E-state index < -0.39 is 0 Å². The van der Waals surface area contributed by atoms with Crippen molar-refractivity contribution in [1.29, 1.82) is 0 Å². The van der Waals surface area contributed by atoms with Crippen molar-refractivity contribution in [3.8, 4) is 0 Å². The van der Waals surface area contributed by atoms with Gasteiger partial charge in [-0.1, -0.05) is 18.2 Å². The van der Waals surface area contributed by atoms with Crippen LogP contribution in [0, 0.1) is 0 Å². The summed E-state index contributed by atoms with van der Waals surface area (Å²) in [6, 6.07) is 0. The molecule has 0 heterocycles. The van der Waals surface area contributed by atoms with Crippen LogP contribution in [0.4, 0.5) is 0 Å². The van der Waals surface area contributed by atoms with Gasteiger partial charge in [-0.25, -0.2) is 0 Å². The second kappa shape index (κ2) is 3.25. The van der Waals surface area contributed by atoms with Crippen LogP contribution in [0.5, 0.6) is 0 Å². The first kappa shape index (κ1) is 7.13. The molecule has 0 radical (unpaired) electrons. The maximum Gasteiger partial charge on any atom is 0.0992 e. The van der Waals surface area contributed by atoms with Crippen molar-refractivity contribution in [1.82, 2.24) is 0 Å². The van der Waals surface area contributed by atoms with Crippen LogP contribution in [0.15, 0.2) is 36.1 Å². The molecule has 0 fully saturated rings. The van der Waals surface area contributed by atoms with E-state index in [1.807, 2.05) is 18.2 Å². The van der Waals surface area contributed by atoms with Crippen molar-refractivity contribution in [3.63, 3.8) is 0 Å². The number of allylic oxidation sites excluding steroid dienone is 4. The van der Waals surface area contributed by atoms with E-state index in [4.69, 9.17) is 0 Å². The summed E-state index contributed by atoms with van der Waals surface area (Å²) in [5.74, 6) is 0.529. The molecule has 54 valence electrons. The molecular weight excluding hydrogens is 124 g/mol. The van der Waals surface area contributed by atoms with E-state index in [1.54, 1.807) is 0 Å². The number of aliphatic hydroxyl groups excluding tert-OH is 1. The van der Waals surface area contributed by atoms with E-state index in [-0.39, 0.29) is 0 Å². The van der Waals surface area contributed by atoms with Gasteiger partial charge in [0.2, 0.25) is 0 Å². The summed E-state index contributed by atoms with van der Waals surface area (Å²) in [6.07, 6.45) is 8.42. The highest BCUT2D eigenvalue weighted by molar-refractivity contribution is 5.29. The number of hydrogen-bond donors (Lipinski definition) is 1. The molecule has 0 saturated heterocycles. The van der Waals surface area contributed by atoms with Crippen molar-refractivity contribution in [2.75, 3.05) is 0 Å². The first-order valence-electron chi connectivity index (χ1n) is 3.53. The third-order valence-electron chi connectivity index (χ3n) is 1.62. The smallest absolute Gasteiger partial charge is 0.0992 e. The van der Waals surface area contributed by atoms with Gasteiger partial charge in [0, 0.05) is 6.42 Å². The van der Waals surface area contributed by atoms with Crippen molar-refractivity contribution in [2.24, 2.45) is 0 Å². The molecule has 0 aromatic carbocycles. The molecule has 0 unspecified atom stereocenters. The highest BCUT2D eigenvalue weighted by Crippen LogP contribution is 2.20. The number of aliphatic hydroxyl groups is 1. The van der Waals surface area contributed by atoms with Crippen molar-refractivity contribution in [3.05, 3.63) is 36.1 Å². The minimum atomic E-state index is 0.529. The van der Waals surface area contributed by atoms with Crippen molar-refractivity contribution >= 4 is 0 Å². The quantitative estimate of drug-likeness (QED) is 0.591. The van der Waals surface area contributed by atoms with Gasteiger partial charge >= 0.3 is 0 Å². The van der Waals surface area contributed by atoms with Gasteiger partial charge in [-0.05, 0) is 18.4 Å². The topological polar surface area (TPSA) is 20.2 Å². The zero-order chi connectivity index (χ0) is 7.40. The maximum absolute atomic E-state index is 9.20. The number of hydrogen-bond acceptors (Lipinski definition) is 1. The predicted octanol–water partition coefficient (Wildman–Crippen LogP) is 2.72. The highest BCUT2D eigenvalue weighted by atomic mass is 16.3. The van der Waals surface area contributed by atoms with E-state index in [2.05, 4.69) is 6.58 Å². The molecule has 0 aliphatic heterocycles. The van der Waals surface area contributed by atoms with Crippen LogP contribution < -0.4 is 0 Å². The SMILES string of the molecule is C=CCCC1=C(O)CC=C1. The molecule has 1 heteroatoms. The molecular formula is C9H12O. The van der Waals surface area contributed by atoms with Gasteiger partial charge in [-0.2, -0.15) is 0 Å². The average molecular weight is 136 g/mol. The normalized spacial score (nSPS) is 16.4. The van der Waals surface area contributed by atoms with E-state index in [0.717, 1.165) is 18.4 Å². The third kappa shape index (κ3) is 1.50. The molecule has 10 heavy (non-hydrogen) atoms. The van der Waals surface area contributed by atoms with Crippen LogP contribution in [-0.4, -0.2) is 5.11 Å². The Morgan fingerprint density at radius 2 is 2.50 bits per heavy atom. The first-order valence-corrected chi connectivity index (χ1v) is 3.53. The summed E-state index contributed by atoms with van der Waals surface area (Å²) < 4.78 is 0.